The number of aryl methyl sites for hydroxylation is 1. The predicted octanol–water partition coefficient (Wildman–Crippen LogP) is -0.0965. The van der Waals surface area contributed by atoms with Gasteiger partial charge in [0.1, 0.15) is 0 Å². The molecule has 1 unspecified atom stereocenters. The highest BCUT2D eigenvalue weighted by Crippen LogP contribution is 2.15. The third-order valence-electron chi connectivity index (χ3n) is 3.54. The molecule has 8 nitrogen and oxygen atoms in total. The van der Waals surface area contributed by atoms with Crippen molar-refractivity contribution in [2.24, 2.45) is 0 Å². The molecule has 1 atom stereocenters. The van der Waals surface area contributed by atoms with Crippen molar-refractivity contribution in [3.8, 4) is 0 Å². The summed E-state index contributed by atoms with van der Waals surface area (Å²) in [5.41, 5.74) is 0.807. The van der Waals surface area contributed by atoms with Crippen LogP contribution in [0.2, 0.25) is 0 Å². The lowest BCUT2D eigenvalue weighted by Crippen LogP contribution is -2.51. The molecule has 1 N–H and O–H groups in total. The van der Waals surface area contributed by atoms with Gasteiger partial charge in [-0.05, 0) is 13.8 Å². The number of aliphatic carboxylic acids is 1. The van der Waals surface area contributed by atoms with Crippen LogP contribution in [0, 0.1) is 6.92 Å². The second-order valence-electron chi connectivity index (χ2n) is 5.14. The molecule has 0 bridgehead atoms. The molecule has 0 aliphatic carbocycles. The number of hydrogen-bond donors (Lipinski definition) is 1. The van der Waals surface area contributed by atoms with Crippen molar-refractivity contribution in [1.29, 1.82) is 0 Å². The molecule has 21 heavy (non-hydrogen) atoms. The molecule has 1 aromatic rings. The van der Waals surface area contributed by atoms with E-state index in [1.54, 1.807) is 0 Å². The SMILES string of the molecule is Cc1cc(CN2CCN(S(=O)(=O)C(C)C(=O)O)CC2)on1. The molecule has 1 aromatic heterocycles. The van der Waals surface area contributed by atoms with E-state index in [-0.39, 0.29) is 13.1 Å². The molecule has 0 amide bonds. The summed E-state index contributed by atoms with van der Waals surface area (Å²) in [5.74, 6) is -0.586. The van der Waals surface area contributed by atoms with Crippen molar-refractivity contribution in [2.75, 3.05) is 26.2 Å². The summed E-state index contributed by atoms with van der Waals surface area (Å²) in [5, 5.41) is 11.3. The van der Waals surface area contributed by atoms with Gasteiger partial charge in [0.2, 0.25) is 10.0 Å². The number of sulfonamides is 1. The monoisotopic (exact) mass is 317 g/mol. The van der Waals surface area contributed by atoms with Crippen LogP contribution in [0.1, 0.15) is 18.4 Å². The summed E-state index contributed by atoms with van der Waals surface area (Å²) in [6.07, 6.45) is 0. The summed E-state index contributed by atoms with van der Waals surface area (Å²) >= 11 is 0. The van der Waals surface area contributed by atoms with Gasteiger partial charge in [0, 0.05) is 32.2 Å². The van der Waals surface area contributed by atoms with E-state index < -0.39 is 21.2 Å². The lowest BCUT2D eigenvalue weighted by molar-refractivity contribution is -0.136. The number of carboxylic acids is 1. The zero-order valence-corrected chi connectivity index (χ0v) is 12.8. The minimum absolute atomic E-state index is 0.285. The Balaban J connectivity index is 1.92. The maximum atomic E-state index is 12.1. The number of nitrogens with zero attached hydrogens (tertiary/aromatic N) is 3. The molecule has 2 rings (SSSR count). The van der Waals surface area contributed by atoms with Crippen LogP contribution in [0.15, 0.2) is 10.6 Å². The van der Waals surface area contributed by atoms with Crippen LogP contribution in [0.25, 0.3) is 0 Å². The van der Waals surface area contributed by atoms with E-state index in [4.69, 9.17) is 9.63 Å². The topological polar surface area (TPSA) is 104 Å². The van der Waals surface area contributed by atoms with Gasteiger partial charge >= 0.3 is 5.97 Å². The average Bonchev–Trinajstić information content (AvgIpc) is 2.83. The van der Waals surface area contributed by atoms with Gasteiger partial charge in [0.25, 0.3) is 0 Å². The summed E-state index contributed by atoms with van der Waals surface area (Å²) in [6, 6.07) is 1.84. The van der Waals surface area contributed by atoms with Crippen LogP contribution >= 0.6 is 0 Å². The molecule has 2 heterocycles. The summed E-state index contributed by atoms with van der Waals surface area (Å²) in [6.45, 7) is 5.24. The fourth-order valence-corrected chi connectivity index (χ4v) is 3.58. The molecular weight excluding hydrogens is 298 g/mol. The van der Waals surface area contributed by atoms with Crippen molar-refractivity contribution in [3.05, 3.63) is 17.5 Å². The maximum Gasteiger partial charge on any atom is 0.323 e. The van der Waals surface area contributed by atoms with E-state index in [1.165, 1.54) is 11.2 Å². The number of aromatic nitrogens is 1. The maximum absolute atomic E-state index is 12.1. The minimum Gasteiger partial charge on any atom is -0.480 e. The first-order chi connectivity index (χ1) is 9.80. The lowest BCUT2D eigenvalue weighted by atomic mass is 10.3. The quantitative estimate of drug-likeness (QED) is 0.809. The van der Waals surface area contributed by atoms with E-state index in [2.05, 4.69) is 10.1 Å². The first-order valence-electron chi connectivity index (χ1n) is 6.67. The highest BCUT2D eigenvalue weighted by atomic mass is 32.2. The fraction of sp³-hybridized carbons (Fsp3) is 0.667. The summed E-state index contributed by atoms with van der Waals surface area (Å²) in [4.78, 5) is 12.9. The summed E-state index contributed by atoms with van der Waals surface area (Å²) < 4.78 is 30.6. The number of hydrogen-bond acceptors (Lipinski definition) is 6. The standard InChI is InChI=1S/C12H19N3O5S/c1-9-7-11(20-13-9)8-14-3-5-15(6-4-14)21(18,19)10(2)12(16)17/h7,10H,3-6,8H2,1-2H3,(H,16,17). The van der Waals surface area contributed by atoms with Gasteiger partial charge in [-0.15, -0.1) is 0 Å². The normalized spacial score (nSPS) is 19.5. The van der Waals surface area contributed by atoms with E-state index >= 15 is 0 Å². The molecule has 1 fully saturated rings. The lowest BCUT2D eigenvalue weighted by Gasteiger charge is -2.34. The van der Waals surface area contributed by atoms with Crippen LogP contribution in [0.5, 0.6) is 0 Å². The number of carboxylic acid groups (broad SMARTS) is 1. The van der Waals surface area contributed by atoms with Gasteiger partial charge in [-0.3, -0.25) is 9.69 Å². The van der Waals surface area contributed by atoms with Gasteiger partial charge in [0.15, 0.2) is 11.0 Å². The van der Waals surface area contributed by atoms with Crippen molar-refractivity contribution in [2.45, 2.75) is 25.6 Å². The van der Waals surface area contributed by atoms with Crippen molar-refractivity contribution < 1.29 is 22.8 Å². The molecule has 0 spiro atoms. The molecule has 1 saturated heterocycles. The molecular formula is C12H19N3O5S. The van der Waals surface area contributed by atoms with Crippen molar-refractivity contribution in [1.82, 2.24) is 14.4 Å². The van der Waals surface area contributed by atoms with Gasteiger partial charge in [0.05, 0.1) is 12.2 Å². The zero-order valence-electron chi connectivity index (χ0n) is 12.0. The van der Waals surface area contributed by atoms with Crippen LogP contribution in [0.3, 0.4) is 0 Å². The average molecular weight is 317 g/mol. The number of carbonyl (C=O) groups is 1. The van der Waals surface area contributed by atoms with Crippen molar-refractivity contribution >= 4 is 16.0 Å². The Labute approximate surface area is 123 Å². The molecule has 0 radical (unpaired) electrons. The molecule has 9 heteroatoms. The van der Waals surface area contributed by atoms with Crippen LogP contribution in [-0.2, 0) is 21.4 Å². The Hall–Kier alpha value is -1.45. The smallest absolute Gasteiger partial charge is 0.323 e. The summed E-state index contributed by atoms with van der Waals surface area (Å²) in [7, 11) is -3.78. The van der Waals surface area contributed by atoms with Gasteiger partial charge < -0.3 is 9.63 Å². The van der Waals surface area contributed by atoms with Gasteiger partial charge in [-0.2, -0.15) is 4.31 Å². The minimum atomic E-state index is -3.78. The van der Waals surface area contributed by atoms with Crippen LogP contribution in [0.4, 0.5) is 0 Å². The number of rotatable bonds is 5. The van der Waals surface area contributed by atoms with E-state index in [9.17, 15) is 13.2 Å². The molecule has 118 valence electrons. The van der Waals surface area contributed by atoms with E-state index in [0.717, 1.165) is 11.5 Å². The van der Waals surface area contributed by atoms with Crippen molar-refractivity contribution in [3.63, 3.8) is 0 Å². The predicted molar refractivity (Wildman–Crippen MR) is 74.1 cm³/mol. The Kier molecular flexibility index (Phi) is 4.64. The Morgan fingerprint density at radius 2 is 2.05 bits per heavy atom. The molecule has 1 aliphatic heterocycles. The Morgan fingerprint density at radius 3 is 2.52 bits per heavy atom. The fourth-order valence-electron chi connectivity index (χ4n) is 2.20. The van der Waals surface area contributed by atoms with Crippen LogP contribution in [-0.4, -0.2) is 65.3 Å². The highest BCUT2D eigenvalue weighted by molar-refractivity contribution is 7.90. The second-order valence-corrected chi connectivity index (χ2v) is 7.39. The highest BCUT2D eigenvalue weighted by Gasteiger charge is 2.35. The van der Waals surface area contributed by atoms with Gasteiger partial charge in [-0.25, -0.2) is 8.42 Å². The Bertz CT molecular complexity index is 604. The molecule has 0 saturated carbocycles. The molecule has 0 aromatic carbocycles. The molecule has 1 aliphatic rings. The Morgan fingerprint density at radius 1 is 1.43 bits per heavy atom. The first-order valence-corrected chi connectivity index (χ1v) is 8.17. The van der Waals surface area contributed by atoms with E-state index in [1.807, 2.05) is 13.0 Å². The number of piperazine rings is 1. The second kappa shape index (κ2) is 6.12. The van der Waals surface area contributed by atoms with Gasteiger partial charge in [-0.1, -0.05) is 5.16 Å². The third kappa shape index (κ3) is 3.60. The largest absolute Gasteiger partial charge is 0.480 e. The zero-order chi connectivity index (χ0) is 15.6. The third-order valence-corrected chi connectivity index (χ3v) is 5.72. The van der Waals surface area contributed by atoms with Crippen LogP contribution < -0.4 is 0 Å². The first kappa shape index (κ1) is 15.9. The van der Waals surface area contributed by atoms with E-state index in [0.29, 0.717) is 19.6 Å².